The summed E-state index contributed by atoms with van der Waals surface area (Å²) in [6.45, 7) is 4.22. The third-order valence-electron chi connectivity index (χ3n) is 5.75. The fourth-order valence-electron chi connectivity index (χ4n) is 4.21. The smallest absolute Gasteiger partial charge is 0.304 e. The van der Waals surface area contributed by atoms with Crippen molar-refractivity contribution in [3.8, 4) is 0 Å². The average Bonchev–Trinajstić information content (AvgIpc) is 2.77. The molecule has 0 saturated carbocycles. The van der Waals surface area contributed by atoms with Gasteiger partial charge in [0, 0.05) is 49.5 Å². The van der Waals surface area contributed by atoms with Gasteiger partial charge in [-0.1, -0.05) is 11.6 Å². The molecule has 1 heterocycles. The number of hydrogen-bond acceptors (Lipinski definition) is 5. The molecule has 32 heavy (non-hydrogen) atoms. The molecule has 1 atom stereocenters. The molecule has 2 aromatic rings. The Morgan fingerprint density at radius 3 is 2.59 bits per heavy atom. The summed E-state index contributed by atoms with van der Waals surface area (Å²) in [7, 11) is 1.48. The molecule has 3 rings (SSSR count). The van der Waals surface area contributed by atoms with Gasteiger partial charge in [0.1, 0.15) is 5.82 Å². The summed E-state index contributed by atoms with van der Waals surface area (Å²) in [5.74, 6) is -2.04. The predicted molar refractivity (Wildman–Crippen MR) is 125 cm³/mol. The first-order valence-electron chi connectivity index (χ1n) is 10.8. The molecule has 174 valence electrons. The highest BCUT2D eigenvalue weighted by Gasteiger charge is 2.26. The number of anilines is 3. The zero-order valence-corrected chi connectivity index (χ0v) is 19.2. The van der Waals surface area contributed by atoms with Gasteiger partial charge in [-0.2, -0.15) is 0 Å². The molecule has 1 fully saturated rings. The lowest BCUT2D eigenvalue weighted by molar-refractivity contribution is -0.137. The van der Waals surface area contributed by atoms with E-state index in [4.69, 9.17) is 21.1 Å². The van der Waals surface area contributed by atoms with Gasteiger partial charge in [0.15, 0.2) is 0 Å². The van der Waals surface area contributed by atoms with Crippen LogP contribution in [0.25, 0.3) is 0 Å². The Kier molecular flexibility index (Phi) is 8.73. The molecule has 1 saturated heterocycles. The third kappa shape index (κ3) is 6.12. The van der Waals surface area contributed by atoms with Crippen molar-refractivity contribution in [3.63, 3.8) is 0 Å². The van der Waals surface area contributed by atoms with E-state index in [1.807, 2.05) is 19.1 Å². The van der Waals surface area contributed by atoms with Crippen LogP contribution in [0.2, 0.25) is 5.02 Å². The molecule has 0 unspecified atom stereocenters. The summed E-state index contributed by atoms with van der Waals surface area (Å²) >= 11 is 6.02. The van der Waals surface area contributed by atoms with E-state index in [-0.39, 0.29) is 19.1 Å². The standard InChI is InChI=1S/C24H30ClFN2O4/c1-3-28(19-8-10-32-11-9-19)23-14-21(26)20(16(15-31-2)12-24(29)30)13-22(23)27-18-6-4-17(25)5-7-18/h4-7,13-14,16,19,27H,3,8-12,15H2,1-2H3,(H,29,30)/t16-/m1/s1. The molecule has 1 aliphatic heterocycles. The first kappa shape index (κ1) is 24.3. The van der Waals surface area contributed by atoms with Crippen molar-refractivity contribution in [2.24, 2.45) is 0 Å². The number of nitrogens with zero attached hydrogens (tertiary/aromatic N) is 1. The molecule has 1 aliphatic rings. The minimum absolute atomic E-state index is 0.112. The number of benzene rings is 2. The van der Waals surface area contributed by atoms with E-state index in [0.29, 0.717) is 36.0 Å². The van der Waals surface area contributed by atoms with Crippen molar-refractivity contribution in [3.05, 3.63) is 52.8 Å². The lowest BCUT2D eigenvalue weighted by Gasteiger charge is -2.37. The van der Waals surface area contributed by atoms with E-state index in [9.17, 15) is 9.90 Å². The maximum absolute atomic E-state index is 15.4. The second-order valence-corrected chi connectivity index (χ2v) is 8.34. The van der Waals surface area contributed by atoms with Crippen molar-refractivity contribution >= 4 is 34.6 Å². The number of aliphatic carboxylic acids is 1. The highest BCUT2D eigenvalue weighted by Crippen LogP contribution is 2.37. The van der Waals surface area contributed by atoms with Gasteiger partial charge in [0.05, 0.1) is 24.4 Å². The summed E-state index contributed by atoms with van der Waals surface area (Å²) in [6.07, 6.45) is 1.51. The number of methoxy groups -OCH3 is 1. The van der Waals surface area contributed by atoms with Gasteiger partial charge in [-0.15, -0.1) is 0 Å². The maximum Gasteiger partial charge on any atom is 0.304 e. The normalized spacial score (nSPS) is 15.4. The quantitative estimate of drug-likeness (QED) is 0.488. The monoisotopic (exact) mass is 464 g/mol. The van der Waals surface area contributed by atoms with Gasteiger partial charge in [-0.05, 0) is 61.7 Å². The number of rotatable bonds is 10. The minimum Gasteiger partial charge on any atom is -0.481 e. The van der Waals surface area contributed by atoms with E-state index in [2.05, 4.69) is 10.2 Å². The van der Waals surface area contributed by atoms with Crippen LogP contribution >= 0.6 is 11.6 Å². The van der Waals surface area contributed by atoms with Crippen LogP contribution in [0.15, 0.2) is 36.4 Å². The lowest BCUT2D eigenvalue weighted by atomic mass is 9.94. The third-order valence-corrected chi connectivity index (χ3v) is 6.00. The Hall–Kier alpha value is -2.35. The van der Waals surface area contributed by atoms with Crippen LogP contribution in [0.4, 0.5) is 21.5 Å². The summed E-state index contributed by atoms with van der Waals surface area (Å²) < 4.78 is 26.1. The Balaban J connectivity index is 2.06. The molecule has 6 nitrogen and oxygen atoms in total. The Morgan fingerprint density at radius 1 is 1.31 bits per heavy atom. The molecule has 8 heteroatoms. The van der Waals surface area contributed by atoms with Crippen molar-refractivity contribution in [1.29, 1.82) is 0 Å². The number of ether oxygens (including phenoxy) is 2. The summed E-state index contributed by atoms with van der Waals surface area (Å²) in [5.41, 5.74) is 2.57. The first-order valence-corrected chi connectivity index (χ1v) is 11.2. The molecule has 0 spiro atoms. The highest BCUT2D eigenvalue weighted by atomic mass is 35.5. The summed E-state index contributed by atoms with van der Waals surface area (Å²) in [4.78, 5) is 13.6. The Labute approximate surface area is 193 Å². The van der Waals surface area contributed by atoms with Crippen LogP contribution in [-0.4, -0.2) is 50.6 Å². The van der Waals surface area contributed by atoms with Gasteiger partial charge < -0.3 is 24.8 Å². The average molecular weight is 465 g/mol. The van der Waals surface area contributed by atoms with Gasteiger partial charge in [0.25, 0.3) is 0 Å². The number of carbonyl (C=O) groups is 1. The Bertz CT molecular complexity index is 904. The number of nitrogens with one attached hydrogen (secondary N) is 1. The zero-order chi connectivity index (χ0) is 23.1. The van der Waals surface area contributed by atoms with Crippen LogP contribution in [0, 0.1) is 5.82 Å². The lowest BCUT2D eigenvalue weighted by Crippen LogP contribution is -2.39. The number of hydrogen-bond donors (Lipinski definition) is 2. The number of carboxylic acid groups (broad SMARTS) is 1. The van der Waals surface area contributed by atoms with Crippen LogP contribution in [0.5, 0.6) is 0 Å². The molecule has 0 amide bonds. The van der Waals surface area contributed by atoms with Crippen LogP contribution in [-0.2, 0) is 14.3 Å². The molecule has 2 N–H and O–H groups in total. The van der Waals surface area contributed by atoms with E-state index < -0.39 is 17.7 Å². The van der Waals surface area contributed by atoms with Crippen molar-refractivity contribution < 1.29 is 23.8 Å². The molecule has 0 aliphatic carbocycles. The second-order valence-electron chi connectivity index (χ2n) is 7.90. The fourth-order valence-corrected chi connectivity index (χ4v) is 4.34. The first-order chi connectivity index (χ1) is 15.4. The maximum atomic E-state index is 15.4. The topological polar surface area (TPSA) is 71.0 Å². The fraction of sp³-hybridized carbons (Fsp3) is 0.458. The van der Waals surface area contributed by atoms with Crippen molar-refractivity contribution in [1.82, 2.24) is 0 Å². The molecular formula is C24H30ClFN2O4. The molecule has 2 aromatic carbocycles. The van der Waals surface area contributed by atoms with Crippen LogP contribution in [0.3, 0.4) is 0 Å². The number of carboxylic acids is 1. The molecule has 0 aromatic heterocycles. The van der Waals surface area contributed by atoms with Crippen molar-refractivity contribution in [2.75, 3.05) is 43.7 Å². The summed E-state index contributed by atoms with van der Waals surface area (Å²) in [5, 5.41) is 13.3. The van der Waals surface area contributed by atoms with E-state index in [0.717, 1.165) is 24.2 Å². The van der Waals surface area contributed by atoms with Gasteiger partial charge in [-0.25, -0.2) is 4.39 Å². The van der Waals surface area contributed by atoms with Crippen molar-refractivity contribution in [2.45, 2.75) is 38.1 Å². The van der Waals surface area contributed by atoms with Crippen LogP contribution in [0.1, 0.15) is 37.7 Å². The van der Waals surface area contributed by atoms with Gasteiger partial charge in [0.2, 0.25) is 0 Å². The van der Waals surface area contributed by atoms with Gasteiger partial charge >= 0.3 is 5.97 Å². The minimum atomic E-state index is -1.000. The summed E-state index contributed by atoms with van der Waals surface area (Å²) in [6, 6.07) is 10.7. The zero-order valence-electron chi connectivity index (χ0n) is 18.4. The SMILES string of the molecule is CCN(c1cc(F)c([C@@H](COC)CC(=O)O)cc1Nc1ccc(Cl)cc1)C1CCOCC1. The highest BCUT2D eigenvalue weighted by molar-refractivity contribution is 6.30. The number of halogens is 2. The van der Waals surface area contributed by atoms with E-state index >= 15 is 4.39 Å². The van der Waals surface area contributed by atoms with E-state index in [1.165, 1.54) is 13.2 Å². The van der Waals surface area contributed by atoms with Crippen LogP contribution < -0.4 is 10.2 Å². The largest absolute Gasteiger partial charge is 0.481 e. The molecule has 0 radical (unpaired) electrons. The predicted octanol–water partition coefficient (Wildman–Crippen LogP) is 5.43. The van der Waals surface area contributed by atoms with E-state index in [1.54, 1.807) is 18.2 Å². The van der Waals surface area contributed by atoms with Gasteiger partial charge in [-0.3, -0.25) is 4.79 Å². The molecular weight excluding hydrogens is 435 g/mol. The second kappa shape index (κ2) is 11.5. The Morgan fingerprint density at radius 2 is 2.00 bits per heavy atom. The molecule has 0 bridgehead atoms.